The SMILES string of the molecule is CNCCn1c(=O)c2cc(C)ccc2n(C)c1=O. The first-order valence-corrected chi connectivity index (χ1v) is 5.91. The van der Waals surface area contributed by atoms with E-state index in [1.165, 1.54) is 9.13 Å². The molecule has 1 N–H and O–H groups in total. The molecule has 1 aromatic carbocycles. The maximum absolute atomic E-state index is 12.3. The molecular weight excluding hydrogens is 230 g/mol. The second-order valence-corrected chi connectivity index (χ2v) is 4.42. The molecule has 0 aliphatic carbocycles. The number of aryl methyl sites for hydroxylation is 2. The number of likely N-dealkylation sites (N-methyl/N-ethyl adjacent to an activating group) is 1. The zero-order valence-electron chi connectivity index (χ0n) is 10.9. The molecular formula is C13H17N3O2. The van der Waals surface area contributed by atoms with Crippen molar-refractivity contribution in [2.75, 3.05) is 13.6 Å². The summed E-state index contributed by atoms with van der Waals surface area (Å²) in [6.07, 6.45) is 0. The van der Waals surface area contributed by atoms with Gasteiger partial charge in [0, 0.05) is 20.1 Å². The summed E-state index contributed by atoms with van der Waals surface area (Å²) < 4.78 is 2.80. The zero-order valence-corrected chi connectivity index (χ0v) is 10.9. The predicted molar refractivity (Wildman–Crippen MR) is 72.1 cm³/mol. The van der Waals surface area contributed by atoms with E-state index in [1.807, 2.05) is 25.1 Å². The minimum Gasteiger partial charge on any atom is -0.318 e. The van der Waals surface area contributed by atoms with Crippen LogP contribution in [-0.4, -0.2) is 22.7 Å². The van der Waals surface area contributed by atoms with E-state index in [1.54, 1.807) is 14.1 Å². The summed E-state index contributed by atoms with van der Waals surface area (Å²) in [7, 11) is 3.48. The van der Waals surface area contributed by atoms with Crippen LogP contribution in [0.2, 0.25) is 0 Å². The van der Waals surface area contributed by atoms with Crippen LogP contribution in [0.5, 0.6) is 0 Å². The molecule has 0 fully saturated rings. The van der Waals surface area contributed by atoms with Crippen LogP contribution in [0.1, 0.15) is 5.56 Å². The summed E-state index contributed by atoms with van der Waals surface area (Å²) in [5.74, 6) is 0. The van der Waals surface area contributed by atoms with Crippen molar-refractivity contribution in [3.63, 3.8) is 0 Å². The quantitative estimate of drug-likeness (QED) is 0.844. The van der Waals surface area contributed by atoms with E-state index in [2.05, 4.69) is 5.32 Å². The Morgan fingerprint density at radius 3 is 2.67 bits per heavy atom. The second-order valence-electron chi connectivity index (χ2n) is 4.42. The maximum atomic E-state index is 12.3. The van der Waals surface area contributed by atoms with Gasteiger partial charge >= 0.3 is 5.69 Å². The highest BCUT2D eigenvalue weighted by Crippen LogP contribution is 2.09. The lowest BCUT2D eigenvalue weighted by Crippen LogP contribution is -2.40. The first-order valence-electron chi connectivity index (χ1n) is 5.91. The van der Waals surface area contributed by atoms with Gasteiger partial charge in [0.15, 0.2) is 0 Å². The molecule has 0 aliphatic rings. The summed E-state index contributed by atoms with van der Waals surface area (Å²) >= 11 is 0. The summed E-state index contributed by atoms with van der Waals surface area (Å²) in [6, 6.07) is 5.54. The third-order valence-electron chi connectivity index (χ3n) is 3.09. The number of benzene rings is 1. The van der Waals surface area contributed by atoms with Crippen molar-refractivity contribution in [2.24, 2.45) is 7.05 Å². The van der Waals surface area contributed by atoms with E-state index in [-0.39, 0.29) is 11.2 Å². The lowest BCUT2D eigenvalue weighted by Gasteiger charge is -2.10. The largest absolute Gasteiger partial charge is 0.331 e. The van der Waals surface area contributed by atoms with Gasteiger partial charge in [0.1, 0.15) is 0 Å². The first kappa shape index (κ1) is 12.6. The average Bonchev–Trinajstić information content (AvgIpc) is 2.36. The normalized spacial score (nSPS) is 11.1. The number of hydrogen-bond donors (Lipinski definition) is 1. The smallest absolute Gasteiger partial charge is 0.318 e. The fraction of sp³-hybridized carbons (Fsp3) is 0.385. The first-order chi connectivity index (χ1) is 8.56. The van der Waals surface area contributed by atoms with Crippen LogP contribution < -0.4 is 16.6 Å². The lowest BCUT2D eigenvalue weighted by molar-refractivity contribution is 0.580. The fourth-order valence-electron chi connectivity index (χ4n) is 2.05. The van der Waals surface area contributed by atoms with Gasteiger partial charge in [-0.05, 0) is 26.1 Å². The van der Waals surface area contributed by atoms with Gasteiger partial charge in [-0.15, -0.1) is 0 Å². The molecule has 0 amide bonds. The van der Waals surface area contributed by atoms with Crippen molar-refractivity contribution in [1.29, 1.82) is 0 Å². The van der Waals surface area contributed by atoms with Crippen molar-refractivity contribution in [1.82, 2.24) is 14.5 Å². The molecule has 0 saturated carbocycles. The van der Waals surface area contributed by atoms with Crippen molar-refractivity contribution in [3.05, 3.63) is 44.6 Å². The monoisotopic (exact) mass is 247 g/mol. The molecule has 2 aromatic rings. The van der Waals surface area contributed by atoms with Crippen LogP contribution in [-0.2, 0) is 13.6 Å². The molecule has 5 heteroatoms. The lowest BCUT2D eigenvalue weighted by atomic mass is 10.1. The summed E-state index contributed by atoms with van der Waals surface area (Å²) in [5, 5.41) is 3.53. The highest BCUT2D eigenvalue weighted by Gasteiger charge is 2.10. The zero-order chi connectivity index (χ0) is 13.3. The van der Waals surface area contributed by atoms with E-state index in [4.69, 9.17) is 0 Å². The van der Waals surface area contributed by atoms with Crippen LogP contribution >= 0.6 is 0 Å². The van der Waals surface area contributed by atoms with Gasteiger partial charge in [-0.25, -0.2) is 4.79 Å². The van der Waals surface area contributed by atoms with Gasteiger partial charge in [0.05, 0.1) is 10.9 Å². The van der Waals surface area contributed by atoms with E-state index >= 15 is 0 Å². The van der Waals surface area contributed by atoms with Gasteiger partial charge in [0.2, 0.25) is 0 Å². The topological polar surface area (TPSA) is 56.0 Å². The van der Waals surface area contributed by atoms with Gasteiger partial charge in [-0.2, -0.15) is 0 Å². The molecule has 18 heavy (non-hydrogen) atoms. The van der Waals surface area contributed by atoms with Crippen LogP contribution in [0.3, 0.4) is 0 Å². The van der Waals surface area contributed by atoms with Gasteiger partial charge < -0.3 is 5.32 Å². The van der Waals surface area contributed by atoms with Crippen LogP contribution in [0, 0.1) is 6.92 Å². The number of nitrogens with zero attached hydrogens (tertiary/aromatic N) is 2. The molecule has 0 bridgehead atoms. The van der Waals surface area contributed by atoms with E-state index in [0.717, 1.165) is 5.56 Å². The molecule has 0 aliphatic heterocycles. The molecule has 0 radical (unpaired) electrons. The predicted octanol–water partition coefficient (Wildman–Crippen LogP) is 0.228. The third kappa shape index (κ3) is 1.97. The molecule has 2 rings (SSSR count). The maximum Gasteiger partial charge on any atom is 0.331 e. The van der Waals surface area contributed by atoms with Crippen molar-refractivity contribution in [3.8, 4) is 0 Å². The van der Waals surface area contributed by atoms with Crippen LogP contribution in [0.4, 0.5) is 0 Å². The molecule has 96 valence electrons. The molecule has 1 aromatic heterocycles. The second kappa shape index (κ2) is 4.78. The van der Waals surface area contributed by atoms with Gasteiger partial charge in [-0.3, -0.25) is 13.9 Å². The molecule has 0 atom stereocenters. The minimum absolute atomic E-state index is 0.216. The fourth-order valence-corrected chi connectivity index (χ4v) is 2.05. The standard InChI is InChI=1S/C13H17N3O2/c1-9-4-5-11-10(8-9)12(17)16(7-6-14-2)13(18)15(11)3/h4-5,8,14H,6-7H2,1-3H3. The molecule has 5 nitrogen and oxygen atoms in total. The molecule has 1 heterocycles. The Balaban J connectivity index is 2.80. The molecule has 0 unspecified atom stereocenters. The van der Waals surface area contributed by atoms with Crippen LogP contribution in [0.15, 0.2) is 27.8 Å². The van der Waals surface area contributed by atoms with E-state index < -0.39 is 0 Å². The Morgan fingerprint density at radius 1 is 1.28 bits per heavy atom. The number of aromatic nitrogens is 2. The Hall–Kier alpha value is -1.88. The summed E-state index contributed by atoms with van der Waals surface area (Å²) in [5.41, 5.74) is 1.20. The average molecular weight is 247 g/mol. The highest BCUT2D eigenvalue weighted by atomic mass is 16.2. The Kier molecular flexibility index (Phi) is 3.34. The summed E-state index contributed by atoms with van der Waals surface area (Å²) in [6.45, 7) is 2.90. The Morgan fingerprint density at radius 2 is 2.00 bits per heavy atom. The van der Waals surface area contributed by atoms with Crippen molar-refractivity contribution >= 4 is 10.9 Å². The van der Waals surface area contributed by atoms with Crippen molar-refractivity contribution in [2.45, 2.75) is 13.5 Å². The number of fused-ring (bicyclic) bond motifs is 1. The van der Waals surface area contributed by atoms with Gasteiger partial charge in [0.25, 0.3) is 5.56 Å². The third-order valence-corrected chi connectivity index (χ3v) is 3.09. The van der Waals surface area contributed by atoms with Gasteiger partial charge in [-0.1, -0.05) is 11.6 Å². The highest BCUT2D eigenvalue weighted by molar-refractivity contribution is 5.78. The van der Waals surface area contributed by atoms with E-state index in [9.17, 15) is 9.59 Å². The summed E-state index contributed by atoms with van der Waals surface area (Å²) in [4.78, 5) is 24.4. The van der Waals surface area contributed by atoms with Crippen molar-refractivity contribution < 1.29 is 0 Å². The Labute approximate surface area is 105 Å². The number of rotatable bonds is 3. The number of nitrogens with one attached hydrogen (secondary N) is 1. The minimum atomic E-state index is -0.272. The van der Waals surface area contributed by atoms with Crippen LogP contribution in [0.25, 0.3) is 10.9 Å². The number of hydrogen-bond acceptors (Lipinski definition) is 3. The molecule has 0 spiro atoms. The molecule has 0 saturated heterocycles. The Bertz CT molecular complexity index is 698. The van der Waals surface area contributed by atoms with E-state index in [0.29, 0.717) is 24.0 Å².